The molecular formula is C11H11FN2OS. The topological polar surface area (TPSA) is 44.1 Å². The standard InChI is InChI=1S/C11H11FN2OS/c12-10-5-9(8-13)6-11(7-10)14-1-3-16(15)4-2-14/h5-7H,1-4H2. The fourth-order valence-corrected chi connectivity index (χ4v) is 2.77. The van der Waals surface area contributed by atoms with E-state index in [9.17, 15) is 8.60 Å². The van der Waals surface area contributed by atoms with Gasteiger partial charge in [0.25, 0.3) is 0 Å². The van der Waals surface area contributed by atoms with Crippen LogP contribution in [0.1, 0.15) is 5.56 Å². The van der Waals surface area contributed by atoms with Crippen LogP contribution in [0.25, 0.3) is 0 Å². The summed E-state index contributed by atoms with van der Waals surface area (Å²) in [5, 5.41) is 8.74. The molecule has 1 aromatic rings. The van der Waals surface area contributed by atoms with Crippen molar-refractivity contribution >= 4 is 16.5 Å². The predicted molar refractivity (Wildman–Crippen MR) is 61.2 cm³/mol. The fraction of sp³-hybridized carbons (Fsp3) is 0.364. The van der Waals surface area contributed by atoms with Gasteiger partial charge in [0.2, 0.25) is 0 Å². The molecule has 1 aliphatic rings. The van der Waals surface area contributed by atoms with E-state index in [1.54, 1.807) is 6.07 Å². The predicted octanol–water partition coefficient (Wildman–Crippen LogP) is 1.27. The minimum Gasteiger partial charge on any atom is -0.370 e. The third-order valence-corrected chi connectivity index (χ3v) is 3.83. The van der Waals surface area contributed by atoms with Crippen molar-refractivity contribution in [2.75, 3.05) is 29.5 Å². The van der Waals surface area contributed by atoms with Gasteiger partial charge in [0, 0.05) is 41.1 Å². The zero-order chi connectivity index (χ0) is 11.5. The Morgan fingerprint density at radius 1 is 1.31 bits per heavy atom. The molecule has 1 aliphatic heterocycles. The average Bonchev–Trinajstić information content (AvgIpc) is 2.29. The van der Waals surface area contributed by atoms with Crippen LogP contribution in [0.2, 0.25) is 0 Å². The summed E-state index contributed by atoms with van der Waals surface area (Å²) >= 11 is 0. The summed E-state index contributed by atoms with van der Waals surface area (Å²) in [6.45, 7) is 1.31. The van der Waals surface area contributed by atoms with Crippen LogP contribution in [0, 0.1) is 17.1 Å². The van der Waals surface area contributed by atoms with Crippen LogP contribution in [-0.4, -0.2) is 28.8 Å². The number of nitriles is 1. The van der Waals surface area contributed by atoms with Gasteiger partial charge in [-0.1, -0.05) is 0 Å². The number of benzene rings is 1. The number of nitrogens with zero attached hydrogens (tertiary/aromatic N) is 2. The highest BCUT2D eigenvalue weighted by atomic mass is 32.2. The van der Waals surface area contributed by atoms with E-state index in [1.165, 1.54) is 12.1 Å². The Morgan fingerprint density at radius 3 is 2.62 bits per heavy atom. The SMILES string of the molecule is N#Cc1cc(F)cc(N2CCS(=O)CC2)c1. The van der Waals surface area contributed by atoms with Gasteiger partial charge in [0.05, 0.1) is 11.6 Å². The molecule has 0 N–H and O–H groups in total. The molecule has 0 radical (unpaired) electrons. The molecule has 0 unspecified atom stereocenters. The maximum Gasteiger partial charge on any atom is 0.126 e. The normalized spacial score (nSPS) is 17.1. The van der Waals surface area contributed by atoms with Crippen molar-refractivity contribution in [3.8, 4) is 6.07 Å². The number of rotatable bonds is 1. The molecule has 1 saturated heterocycles. The van der Waals surface area contributed by atoms with Crippen LogP contribution in [0.5, 0.6) is 0 Å². The highest BCUT2D eigenvalue weighted by molar-refractivity contribution is 7.85. The van der Waals surface area contributed by atoms with E-state index in [-0.39, 0.29) is 0 Å². The molecule has 0 aromatic heterocycles. The molecule has 1 heterocycles. The first-order valence-corrected chi connectivity index (χ1v) is 6.48. The van der Waals surface area contributed by atoms with Gasteiger partial charge in [-0.3, -0.25) is 4.21 Å². The Labute approximate surface area is 95.9 Å². The minimum absolute atomic E-state index is 0.321. The molecule has 0 atom stereocenters. The van der Waals surface area contributed by atoms with E-state index in [0.29, 0.717) is 35.8 Å². The molecule has 1 aromatic carbocycles. The molecule has 16 heavy (non-hydrogen) atoms. The van der Waals surface area contributed by atoms with E-state index in [4.69, 9.17) is 5.26 Å². The van der Waals surface area contributed by atoms with Crippen molar-refractivity contribution in [2.24, 2.45) is 0 Å². The minimum atomic E-state index is -0.748. The maximum atomic E-state index is 13.2. The van der Waals surface area contributed by atoms with Gasteiger partial charge < -0.3 is 4.90 Å². The lowest BCUT2D eigenvalue weighted by Gasteiger charge is -2.28. The van der Waals surface area contributed by atoms with Crippen LogP contribution < -0.4 is 4.90 Å². The second-order valence-corrected chi connectivity index (χ2v) is 5.34. The zero-order valence-electron chi connectivity index (χ0n) is 8.65. The van der Waals surface area contributed by atoms with Gasteiger partial charge in [-0.25, -0.2) is 4.39 Å². The Balaban J connectivity index is 2.24. The van der Waals surface area contributed by atoms with Crippen molar-refractivity contribution < 1.29 is 8.60 Å². The van der Waals surface area contributed by atoms with Crippen molar-refractivity contribution in [1.82, 2.24) is 0 Å². The smallest absolute Gasteiger partial charge is 0.126 e. The van der Waals surface area contributed by atoms with Gasteiger partial charge in [-0.15, -0.1) is 0 Å². The van der Waals surface area contributed by atoms with Crippen LogP contribution >= 0.6 is 0 Å². The lowest BCUT2D eigenvalue weighted by atomic mass is 10.2. The third kappa shape index (κ3) is 2.39. The van der Waals surface area contributed by atoms with E-state index < -0.39 is 16.6 Å². The van der Waals surface area contributed by atoms with Crippen LogP contribution in [0.3, 0.4) is 0 Å². The van der Waals surface area contributed by atoms with Crippen LogP contribution in [0.15, 0.2) is 18.2 Å². The summed E-state index contributed by atoms with van der Waals surface area (Å²) in [5.74, 6) is 0.817. The maximum absolute atomic E-state index is 13.2. The molecule has 3 nitrogen and oxygen atoms in total. The van der Waals surface area contributed by atoms with E-state index in [1.807, 2.05) is 11.0 Å². The quantitative estimate of drug-likeness (QED) is 0.740. The molecule has 0 spiro atoms. The Morgan fingerprint density at radius 2 is 2.00 bits per heavy atom. The van der Waals surface area contributed by atoms with Crippen LogP contribution in [-0.2, 0) is 10.8 Å². The average molecular weight is 238 g/mol. The summed E-state index contributed by atoms with van der Waals surface area (Å²) in [6.07, 6.45) is 0. The highest BCUT2D eigenvalue weighted by Gasteiger charge is 2.16. The van der Waals surface area contributed by atoms with Crippen molar-refractivity contribution in [3.63, 3.8) is 0 Å². The van der Waals surface area contributed by atoms with Crippen molar-refractivity contribution in [3.05, 3.63) is 29.6 Å². The Hall–Kier alpha value is -1.41. The third-order valence-electron chi connectivity index (χ3n) is 2.55. The zero-order valence-corrected chi connectivity index (χ0v) is 9.47. The largest absolute Gasteiger partial charge is 0.370 e. The number of hydrogen-bond donors (Lipinski definition) is 0. The molecule has 2 rings (SSSR count). The van der Waals surface area contributed by atoms with Crippen molar-refractivity contribution in [2.45, 2.75) is 0 Å². The molecule has 0 amide bonds. The van der Waals surface area contributed by atoms with Gasteiger partial charge in [-0.2, -0.15) is 5.26 Å². The number of halogens is 1. The first-order chi connectivity index (χ1) is 7.69. The molecule has 0 saturated carbocycles. The second kappa shape index (κ2) is 4.62. The fourth-order valence-electron chi connectivity index (χ4n) is 1.72. The summed E-state index contributed by atoms with van der Waals surface area (Å²) in [6, 6.07) is 6.22. The van der Waals surface area contributed by atoms with E-state index in [0.717, 1.165) is 0 Å². The van der Waals surface area contributed by atoms with E-state index >= 15 is 0 Å². The summed E-state index contributed by atoms with van der Waals surface area (Å²) in [4.78, 5) is 1.96. The highest BCUT2D eigenvalue weighted by Crippen LogP contribution is 2.19. The second-order valence-electron chi connectivity index (χ2n) is 3.65. The molecule has 1 fully saturated rings. The molecule has 5 heteroatoms. The number of anilines is 1. The van der Waals surface area contributed by atoms with Crippen molar-refractivity contribution in [1.29, 1.82) is 5.26 Å². The summed E-state index contributed by atoms with van der Waals surface area (Å²) in [5.41, 5.74) is 1.02. The first kappa shape index (κ1) is 11.1. The number of hydrogen-bond acceptors (Lipinski definition) is 3. The Kier molecular flexibility index (Phi) is 3.20. The van der Waals surface area contributed by atoms with Gasteiger partial charge in [-0.05, 0) is 18.2 Å². The van der Waals surface area contributed by atoms with E-state index in [2.05, 4.69) is 0 Å². The van der Waals surface area contributed by atoms with Gasteiger partial charge in [0.1, 0.15) is 5.82 Å². The first-order valence-electron chi connectivity index (χ1n) is 4.99. The van der Waals surface area contributed by atoms with Gasteiger partial charge in [0.15, 0.2) is 0 Å². The monoisotopic (exact) mass is 238 g/mol. The molecule has 0 bridgehead atoms. The lowest BCUT2D eigenvalue weighted by molar-refractivity contribution is 0.626. The molecule has 84 valence electrons. The molecule has 0 aliphatic carbocycles. The van der Waals surface area contributed by atoms with Crippen LogP contribution in [0.4, 0.5) is 10.1 Å². The summed E-state index contributed by atoms with van der Waals surface area (Å²) in [7, 11) is -0.748. The van der Waals surface area contributed by atoms with Gasteiger partial charge >= 0.3 is 0 Å². The lowest BCUT2D eigenvalue weighted by Crippen LogP contribution is -2.37. The summed E-state index contributed by atoms with van der Waals surface area (Å²) < 4.78 is 24.4. The Bertz CT molecular complexity index is 460. The molecular weight excluding hydrogens is 227 g/mol.